The van der Waals surface area contributed by atoms with E-state index in [-0.39, 0.29) is 23.3 Å². The van der Waals surface area contributed by atoms with Crippen molar-refractivity contribution in [1.82, 2.24) is 0 Å². The second-order valence-electron chi connectivity index (χ2n) is 4.12. The van der Waals surface area contributed by atoms with Gasteiger partial charge in [0.1, 0.15) is 6.61 Å². The first-order chi connectivity index (χ1) is 10.0. The van der Waals surface area contributed by atoms with Gasteiger partial charge in [-0.25, -0.2) is 8.78 Å². The molecule has 6 nitrogen and oxygen atoms in total. The van der Waals surface area contributed by atoms with Gasteiger partial charge in [0.05, 0.1) is 5.71 Å². The van der Waals surface area contributed by atoms with E-state index in [1.54, 1.807) is 6.92 Å². The van der Waals surface area contributed by atoms with E-state index in [2.05, 4.69) is 15.2 Å². The largest absolute Gasteiger partial charge is 0.391 e. The SMILES string of the molecule is CCC(C)=NOCc1c(C(=O)N=[N+]=[N-])cccc1C(F)F. The van der Waals surface area contributed by atoms with Gasteiger partial charge < -0.3 is 4.84 Å². The Morgan fingerprint density at radius 1 is 1.48 bits per heavy atom. The summed E-state index contributed by atoms with van der Waals surface area (Å²) in [6, 6.07) is 3.79. The number of hydrogen-bond acceptors (Lipinski definition) is 3. The summed E-state index contributed by atoms with van der Waals surface area (Å²) in [5.41, 5.74) is 8.48. The van der Waals surface area contributed by atoms with Crippen LogP contribution in [0.1, 0.15) is 48.2 Å². The van der Waals surface area contributed by atoms with Crippen molar-refractivity contribution in [3.8, 4) is 0 Å². The first kappa shape index (κ1) is 16.6. The fourth-order valence-electron chi connectivity index (χ4n) is 1.54. The summed E-state index contributed by atoms with van der Waals surface area (Å²) >= 11 is 0. The number of nitrogens with zero attached hydrogens (tertiary/aromatic N) is 4. The molecule has 1 aromatic rings. The van der Waals surface area contributed by atoms with Crippen molar-refractivity contribution in [2.75, 3.05) is 0 Å². The molecule has 0 aliphatic rings. The van der Waals surface area contributed by atoms with Crippen molar-refractivity contribution in [3.63, 3.8) is 0 Å². The van der Waals surface area contributed by atoms with Gasteiger partial charge in [-0.05, 0) is 24.0 Å². The molecule has 0 saturated heterocycles. The Kier molecular flexibility index (Phi) is 6.29. The second kappa shape index (κ2) is 7.96. The zero-order chi connectivity index (χ0) is 15.8. The summed E-state index contributed by atoms with van der Waals surface area (Å²) in [4.78, 5) is 19.0. The molecule has 8 heteroatoms. The smallest absolute Gasteiger partial charge is 0.264 e. The van der Waals surface area contributed by atoms with Gasteiger partial charge in [0, 0.05) is 21.6 Å². The molecule has 0 aliphatic heterocycles. The third-order valence-corrected chi connectivity index (χ3v) is 2.75. The van der Waals surface area contributed by atoms with Crippen molar-refractivity contribution in [2.24, 2.45) is 10.3 Å². The Morgan fingerprint density at radius 3 is 2.76 bits per heavy atom. The van der Waals surface area contributed by atoms with E-state index in [0.29, 0.717) is 12.1 Å². The molecule has 0 N–H and O–H groups in total. The summed E-state index contributed by atoms with van der Waals surface area (Å²) in [6.45, 7) is 3.29. The minimum absolute atomic E-state index is 0.0300. The lowest BCUT2D eigenvalue weighted by molar-refractivity contribution is 0.0981. The van der Waals surface area contributed by atoms with Crippen molar-refractivity contribution >= 4 is 11.6 Å². The Balaban J connectivity index is 3.17. The Hall–Kier alpha value is -2.47. The summed E-state index contributed by atoms with van der Waals surface area (Å²) in [7, 11) is 0. The van der Waals surface area contributed by atoms with Crippen LogP contribution in [0.4, 0.5) is 8.78 Å². The second-order valence-corrected chi connectivity index (χ2v) is 4.12. The van der Waals surface area contributed by atoms with Gasteiger partial charge in [0.2, 0.25) is 5.91 Å². The molecule has 0 unspecified atom stereocenters. The van der Waals surface area contributed by atoms with Crippen molar-refractivity contribution in [1.29, 1.82) is 0 Å². The zero-order valence-corrected chi connectivity index (χ0v) is 11.6. The molecule has 0 aliphatic carbocycles. The van der Waals surface area contributed by atoms with E-state index in [0.717, 1.165) is 0 Å². The number of azide groups is 1. The quantitative estimate of drug-likeness (QED) is 0.256. The average Bonchev–Trinajstić information content (AvgIpc) is 2.47. The molecule has 0 fully saturated rings. The molecule has 21 heavy (non-hydrogen) atoms. The number of halogens is 2. The zero-order valence-electron chi connectivity index (χ0n) is 11.6. The molecule has 112 valence electrons. The van der Waals surface area contributed by atoms with Gasteiger partial charge in [0.15, 0.2) is 0 Å². The molecule has 1 amide bonds. The maximum atomic E-state index is 13.0. The molecular weight excluding hydrogens is 282 g/mol. The van der Waals surface area contributed by atoms with Gasteiger partial charge in [-0.2, -0.15) is 0 Å². The van der Waals surface area contributed by atoms with Crippen LogP contribution in [0.2, 0.25) is 0 Å². The molecule has 1 aromatic carbocycles. The minimum Gasteiger partial charge on any atom is -0.391 e. The van der Waals surface area contributed by atoms with Gasteiger partial charge >= 0.3 is 0 Å². The van der Waals surface area contributed by atoms with Gasteiger partial charge in [-0.1, -0.05) is 30.3 Å². The number of alkyl halides is 2. The average molecular weight is 296 g/mol. The minimum atomic E-state index is -2.78. The van der Waals surface area contributed by atoms with Crippen molar-refractivity contribution in [2.45, 2.75) is 33.3 Å². The predicted octanol–water partition coefficient (Wildman–Crippen LogP) is 4.38. The number of amides is 1. The van der Waals surface area contributed by atoms with Crippen molar-refractivity contribution < 1.29 is 18.4 Å². The molecule has 0 spiro atoms. The normalized spacial score (nSPS) is 11.2. The number of oxime groups is 1. The van der Waals surface area contributed by atoms with Gasteiger partial charge in [-0.15, -0.1) is 0 Å². The number of rotatable bonds is 6. The summed E-state index contributed by atoms with van der Waals surface area (Å²) < 4.78 is 26.0. The van der Waals surface area contributed by atoms with E-state index in [9.17, 15) is 13.6 Å². The van der Waals surface area contributed by atoms with Crippen LogP contribution in [0.15, 0.2) is 28.5 Å². The number of hydrogen-bond donors (Lipinski definition) is 0. The van der Waals surface area contributed by atoms with Gasteiger partial charge in [0.25, 0.3) is 6.43 Å². The first-order valence-electron chi connectivity index (χ1n) is 6.16. The summed E-state index contributed by atoms with van der Waals surface area (Å²) in [5.74, 6) is -0.935. The highest BCUT2D eigenvalue weighted by molar-refractivity contribution is 5.96. The Morgan fingerprint density at radius 2 is 2.19 bits per heavy atom. The molecular formula is C13H14F2N4O2. The van der Waals surface area contributed by atoms with Crippen LogP contribution in [0.5, 0.6) is 0 Å². The van der Waals surface area contributed by atoms with Crippen LogP contribution < -0.4 is 0 Å². The first-order valence-corrected chi connectivity index (χ1v) is 6.16. The van der Waals surface area contributed by atoms with Crippen LogP contribution in [0.3, 0.4) is 0 Å². The molecule has 0 radical (unpaired) electrons. The van der Waals surface area contributed by atoms with E-state index >= 15 is 0 Å². The summed E-state index contributed by atoms with van der Waals surface area (Å²) in [6.07, 6.45) is -2.13. The Bertz CT molecular complexity index is 596. The molecule has 0 heterocycles. The highest BCUT2D eigenvalue weighted by Gasteiger charge is 2.19. The number of carbonyl (C=O) groups excluding carboxylic acids is 1. The highest BCUT2D eigenvalue weighted by atomic mass is 19.3. The lowest BCUT2D eigenvalue weighted by Crippen LogP contribution is -2.06. The fraction of sp³-hybridized carbons (Fsp3) is 0.385. The molecule has 0 bridgehead atoms. The third kappa shape index (κ3) is 4.54. The summed E-state index contributed by atoms with van der Waals surface area (Å²) in [5, 5.41) is 6.66. The molecule has 0 aromatic heterocycles. The maximum absolute atomic E-state index is 13.0. The fourth-order valence-corrected chi connectivity index (χ4v) is 1.54. The maximum Gasteiger partial charge on any atom is 0.264 e. The van der Waals surface area contributed by atoms with Crippen LogP contribution in [-0.2, 0) is 11.4 Å². The lowest BCUT2D eigenvalue weighted by atomic mass is 10.0. The van der Waals surface area contributed by atoms with Crippen LogP contribution in [0, 0.1) is 0 Å². The number of carbonyl (C=O) groups is 1. The lowest BCUT2D eigenvalue weighted by Gasteiger charge is -2.11. The van der Waals surface area contributed by atoms with Crippen LogP contribution in [-0.4, -0.2) is 11.6 Å². The molecule has 1 rings (SSSR count). The predicted molar refractivity (Wildman–Crippen MR) is 73.1 cm³/mol. The topological polar surface area (TPSA) is 87.4 Å². The standard InChI is InChI=1S/C13H14F2N4O2/c1-3-8(2)18-21-7-11-9(12(14)15)5-4-6-10(11)13(20)17-19-16/h4-6,12H,3,7H2,1-2H3. The van der Waals surface area contributed by atoms with E-state index in [4.69, 9.17) is 10.4 Å². The molecule has 0 saturated carbocycles. The van der Waals surface area contributed by atoms with Gasteiger partial charge in [-0.3, -0.25) is 4.79 Å². The van der Waals surface area contributed by atoms with E-state index < -0.39 is 12.3 Å². The van der Waals surface area contributed by atoms with E-state index in [1.165, 1.54) is 18.2 Å². The highest BCUT2D eigenvalue weighted by Crippen LogP contribution is 2.27. The monoisotopic (exact) mass is 296 g/mol. The number of benzene rings is 1. The van der Waals surface area contributed by atoms with Crippen LogP contribution in [0.25, 0.3) is 10.4 Å². The Labute approximate surface area is 120 Å². The van der Waals surface area contributed by atoms with Crippen LogP contribution >= 0.6 is 0 Å². The third-order valence-electron chi connectivity index (χ3n) is 2.75. The van der Waals surface area contributed by atoms with Crippen molar-refractivity contribution in [3.05, 3.63) is 45.3 Å². The molecule has 0 atom stereocenters. The van der Waals surface area contributed by atoms with E-state index in [1.807, 2.05) is 6.92 Å².